The monoisotopic (exact) mass is 553 g/mol. The van der Waals surface area contributed by atoms with E-state index in [1.807, 2.05) is 77.4 Å². The Bertz CT molecular complexity index is 1550. The number of benzene rings is 3. The van der Waals surface area contributed by atoms with Gasteiger partial charge in [-0.3, -0.25) is 9.59 Å². The van der Waals surface area contributed by atoms with E-state index in [1.165, 1.54) is 0 Å². The molecule has 212 valence electrons. The van der Waals surface area contributed by atoms with Crippen molar-refractivity contribution < 1.29 is 18.7 Å². The maximum Gasteiger partial charge on any atom is 0.300 e. The number of morpholine rings is 1. The number of carbonyl (C=O) groups is 2. The normalized spacial score (nSPS) is 16.2. The molecule has 0 atom stereocenters. The number of aryl methyl sites for hydroxylation is 1. The zero-order valence-electron chi connectivity index (χ0n) is 23.6. The first-order valence-electron chi connectivity index (χ1n) is 14.1. The number of amides is 2. The van der Waals surface area contributed by atoms with Crippen LogP contribution >= 0.6 is 0 Å². The van der Waals surface area contributed by atoms with E-state index < -0.39 is 0 Å². The Morgan fingerprint density at radius 2 is 1.66 bits per heavy atom. The van der Waals surface area contributed by atoms with Crippen molar-refractivity contribution in [3.05, 3.63) is 77.4 Å². The lowest BCUT2D eigenvalue weighted by molar-refractivity contribution is -0.134. The first kappa shape index (κ1) is 27.0. The highest BCUT2D eigenvalue weighted by molar-refractivity contribution is 5.96. The Kier molecular flexibility index (Phi) is 7.71. The molecule has 0 radical (unpaired) electrons. The molecule has 3 aromatic carbocycles. The van der Waals surface area contributed by atoms with E-state index >= 15 is 0 Å². The van der Waals surface area contributed by atoms with E-state index in [4.69, 9.17) is 9.15 Å². The number of anilines is 2. The third-order valence-electron chi connectivity index (χ3n) is 7.90. The second kappa shape index (κ2) is 11.7. The van der Waals surface area contributed by atoms with Crippen LogP contribution in [0.2, 0.25) is 0 Å². The number of carbonyl (C=O) groups excluding carboxylic acids is 2. The van der Waals surface area contributed by atoms with Crippen LogP contribution < -0.4 is 5.32 Å². The smallest absolute Gasteiger partial charge is 0.300 e. The number of rotatable bonds is 6. The van der Waals surface area contributed by atoms with E-state index in [9.17, 15) is 9.59 Å². The van der Waals surface area contributed by atoms with Crippen LogP contribution in [0, 0.1) is 6.92 Å². The number of aromatic nitrogens is 1. The molecule has 1 aromatic heterocycles. The van der Waals surface area contributed by atoms with Gasteiger partial charge in [-0.15, -0.1) is 0 Å². The molecule has 3 heterocycles. The van der Waals surface area contributed by atoms with E-state index in [2.05, 4.69) is 22.2 Å². The highest BCUT2D eigenvalue weighted by atomic mass is 16.5. The molecule has 0 aliphatic carbocycles. The standard InChI is InChI=1S/C32H35N5O4/c1-22-20-25(10-11-26(22)31(39)37-14-12-35(2)13-15-37)33-32-34-28-5-3-4-27(30(28)41-32)24-8-6-23(7-9-24)21-29(38)36-16-18-40-19-17-36/h3-11,20H,12-19,21H2,1-2H3,(H,33,34). The lowest BCUT2D eigenvalue weighted by Gasteiger charge is -2.32. The second-order valence-electron chi connectivity index (χ2n) is 10.8. The average molecular weight is 554 g/mol. The van der Waals surface area contributed by atoms with Crippen molar-refractivity contribution in [3.63, 3.8) is 0 Å². The van der Waals surface area contributed by atoms with Gasteiger partial charge in [-0.05, 0) is 54.9 Å². The Morgan fingerprint density at radius 1 is 0.902 bits per heavy atom. The molecule has 2 aliphatic rings. The molecule has 1 N–H and O–H groups in total. The quantitative estimate of drug-likeness (QED) is 0.380. The SMILES string of the molecule is Cc1cc(Nc2nc3cccc(-c4ccc(CC(=O)N5CCOCC5)cc4)c3o2)ccc1C(=O)N1CCN(C)CC1. The number of oxazole rings is 1. The fraction of sp³-hybridized carbons (Fsp3) is 0.344. The van der Waals surface area contributed by atoms with Crippen molar-refractivity contribution in [2.24, 2.45) is 0 Å². The van der Waals surface area contributed by atoms with Gasteiger partial charge in [0.2, 0.25) is 5.91 Å². The van der Waals surface area contributed by atoms with Crippen molar-refractivity contribution in [1.82, 2.24) is 19.7 Å². The molecule has 0 unspecified atom stereocenters. The van der Waals surface area contributed by atoms with Crippen molar-refractivity contribution in [1.29, 1.82) is 0 Å². The minimum absolute atomic E-state index is 0.0742. The number of hydrogen-bond donors (Lipinski definition) is 1. The van der Waals surface area contributed by atoms with Crippen molar-refractivity contribution in [2.75, 3.05) is 64.8 Å². The topological polar surface area (TPSA) is 91.2 Å². The predicted molar refractivity (Wildman–Crippen MR) is 158 cm³/mol. The Balaban J connectivity index is 1.16. The van der Waals surface area contributed by atoms with E-state index in [0.29, 0.717) is 44.3 Å². The number of fused-ring (bicyclic) bond motifs is 1. The van der Waals surface area contributed by atoms with Gasteiger partial charge in [0.1, 0.15) is 5.52 Å². The number of likely N-dealkylation sites (N-methyl/N-ethyl adjacent to an activating group) is 1. The number of piperazine rings is 1. The Labute approximate surface area is 239 Å². The van der Waals surface area contributed by atoms with Crippen LogP contribution in [0.4, 0.5) is 11.7 Å². The fourth-order valence-electron chi connectivity index (χ4n) is 5.42. The van der Waals surface area contributed by atoms with Gasteiger partial charge in [0.05, 0.1) is 19.6 Å². The third-order valence-corrected chi connectivity index (χ3v) is 7.90. The van der Waals surface area contributed by atoms with Gasteiger partial charge in [0.25, 0.3) is 11.9 Å². The van der Waals surface area contributed by atoms with Crippen LogP contribution in [0.1, 0.15) is 21.5 Å². The van der Waals surface area contributed by atoms with E-state index in [-0.39, 0.29) is 11.8 Å². The average Bonchev–Trinajstić information content (AvgIpc) is 3.41. The number of ether oxygens (including phenoxy) is 1. The molecule has 2 saturated heterocycles. The van der Waals surface area contributed by atoms with Crippen molar-refractivity contribution in [3.8, 4) is 11.1 Å². The molecular formula is C32H35N5O4. The summed E-state index contributed by atoms with van der Waals surface area (Å²) in [7, 11) is 2.08. The molecule has 4 aromatic rings. The van der Waals surface area contributed by atoms with Gasteiger partial charge in [-0.2, -0.15) is 4.98 Å². The van der Waals surface area contributed by atoms with Crippen LogP contribution in [-0.4, -0.2) is 91.0 Å². The Hall–Kier alpha value is -4.21. The van der Waals surface area contributed by atoms with Crippen LogP contribution in [0.15, 0.2) is 65.1 Å². The summed E-state index contributed by atoms with van der Waals surface area (Å²) >= 11 is 0. The molecule has 9 heteroatoms. The lowest BCUT2D eigenvalue weighted by atomic mass is 10.0. The van der Waals surface area contributed by atoms with Gasteiger partial charge in [0.15, 0.2) is 5.58 Å². The summed E-state index contributed by atoms with van der Waals surface area (Å²) in [6.07, 6.45) is 0.375. The lowest BCUT2D eigenvalue weighted by Crippen LogP contribution is -2.47. The molecular weight excluding hydrogens is 518 g/mol. The van der Waals surface area contributed by atoms with Crippen LogP contribution in [0.5, 0.6) is 0 Å². The third kappa shape index (κ3) is 5.96. The molecule has 2 amide bonds. The van der Waals surface area contributed by atoms with Gasteiger partial charge in [-0.25, -0.2) is 0 Å². The van der Waals surface area contributed by atoms with E-state index in [0.717, 1.165) is 65.2 Å². The summed E-state index contributed by atoms with van der Waals surface area (Å²) in [5.41, 5.74) is 6.75. The van der Waals surface area contributed by atoms with Crippen molar-refractivity contribution >= 4 is 34.6 Å². The number of nitrogens with zero attached hydrogens (tertiary/aromatic N) is 4. The van der Waals surface area contributed by atoms with Crippen LogP contribution in [0.3, 0.4) is 0 Å². The maximum absolute atomic E-state index is 13.1. The summed E-state index contributed by atoms with van der Waals surface area (Å²) in [6.45, 7) is 7.74. The second-order valence-corrected chi connectivity index (χ2v) is 10.8. The molecule has 2 fully saturated rings. The van der Waals surface area contributed by atoms with Crippen LogP contribution in [-0.2, 0) is 16.0 Å². The van der Waals surface area contributed by atoms with E-state index in [1.54, 1.807) is 0 Å². The predicted octanol–water partition coefficient (Wildman–Crippen LogP) is 4.34. The molecule has 2 aliphatic heterocycles. The molecule has 9 nitrogen and oxygen atoms in total. The first-order valence-corrected chi connectivity index (χ1v) is 14.1. The van der Waals surface area contributed by atoms with Crippen LogP contribution in [0.25, 0.3) is 22.2 Å². The highest BCUT2D eigenvalue weighted by Crippen LogP contribution is 2.32. The minimum atomic E-state index is 0.0742. The van der Waals surface area contributed by atoms with Gasteiger partial charge in [-0.1, -0.05) is 36.4 Å². The summed E-state index contributed by atoms with van der Waals surface area (Å²) < 4.78 is 11.5. The van der Waals surface area contributed by atoms with Gasteiger partial charge in [0, 0.05) is 56.1 Å². The van der Waals surface area contributed by atoms with Gasteiger partial charge < -0.3 is 29.2 Å². The number of hydrogen-bond acceptors (Lipinski definition) is 7. The fourth-order valence-corrected chi connectivity index (χ4v) is 5.42. The molecule has 6 rings (SSSR count). The minimum Gasteiger partial charge on any atom is -0.423 e. The highest BCUT2D eigenvalue weighted by Gasteiger charge is 2.22. The molecule has 41 heavy (non-hydrogen) atoms. The molecule has 0 spiro atoms. The Morgan fingerprint density at radius 3 is 2.39 bits per heavy atom. The largest absolute Gasteiger partial charge is 0.423 e. The first-order chi connectivity index (χ1) is 19.9. The zero-order chi connectivity index (χ0) is 28.3. The maximum atomic E-state index is 13.1. The summed E-state index contributed by atoms with van der Waals surface area (Å²) in [6, 6.07) is 20.0. The number of para-hydroxylation sites is 1. The van der Waals surface area contributed by atoms with Gasteiger partial charge >= 0.3 is 0 Å². The summed E-state index contributed by atoms with van der Waals surface area (Å²) in [4.78, 5) is 36.4. The van der Waals surface area contributed by atoms with Crippen molar-refractivity contribution in [2.45, 2.75) is 13.3 Å². The molecule has 0 saturated carbocycles. The summed E-state index contributed by atoms with van der Waals surface area (Å²) in [5, 5.41) is 3.27. The summed E-state index contributed by atoms with van der Waals surface area (Å²) in [5.74, 6) is 0.200. The number of nitrogens with one attached hydrogen (secondary N) is 1. The molecule has 0 bridgehead atoms. The zero-order valence-corrected chi connectivity index (χ0v) is 23.6.